The van der Waals surface area contributed by atoms with E-state index in [4.69, 9.17) is 0 Å². The fourth-order valence-corrected chi connectivity index (χ4v) is 2.59. The van der Waals surface area contributed by atoms with Crippen molar-refractivity contribution >= 4 is 11.8 Å². The Morgan fingerprint density at radius 3 is 2.67 bits per heavy atom. The monoisotopic (exact) mass is 292 g/mol. The van der Waals surface area contributed by atoms with Gasteiger partial charge >= 0.3 is 0 Å². The van der Waals surface area contributed by atoms with E-state index in [0.29, 0.717) is 5.95 Å². The number of aliphatic hydroxyl groups excluding tert-OH is 1. The van der Waals surface area contributed by atoms with E-state index in [1.807, 2.05) is 6.07 Å². The lowest BCUT2D eigenvalue weighted by Gasteiger charge is -2.39. The van der Waals surface area contributed by atoms with Crippen molar-refractivity contribution in [3.05, 3.63) is 12.3 Å². The molecule has 2 rings (SSSR count). The minimum atomic E-state index is -0.266. The van der Waals surface area contributed by atoms with Crippen LogP contribution in [-0.4, -0.2) is 32.8 Å². The zero-order chi connectivity index (χ0) is 15.7. The maximum absolute atomic E-state index is 10.2. The Balaban J connectivity index is 1.99. The Labute approximate surface area is 127 Å². The van der Waals surface area contributed by atoms with Gasteiger partial charge in [-0.3, -0.25) is 0 Å². The highest BCUT2D eigenvalue weighted by Crippen LogP contribution is 2.36. The molecule has 1 aliphatic carbocycles. The Morgan fingerprint density at radius 2 is 2.05 bits per heavy atom. The van der Waals surface area contributed by atoms with E-state index >= 15 is 0 Å². The fraction of sp³-hybridized carbons (Fsp3) is 0.750. The van der Waals surface area contributed by atoms with Crippen LogP contribution in [0.15, 0.2) is 12.3 Å². The largest absolute Gasteiger partial charge is 0.392 e. The molecule has 0 aliphatic heterocycles. The second-order valence-corrected chi connectivity index (χ2v) is 7.76. The van der Waals surface area contributed by atoms with Crippen LogP contribution in [-0.2, 0) is 0 Å². The molecule has 21 heavy (non-hydrogen) atoms. The topological polar surface area (TPSA) is 70.1 Å². The number of nitrogens with one attached hydrogen (secondary N) is 2. The minimum absolute atomic E-state index is 0.0167. The summed E-state index contributed by atoms with van der Waals surface area (Å²) in [6, 6.07) is 2.14. The van der Waals surface area contributed by atoms with Crippen molar-refractivity contribution < 1.29 is 5.11 Å². The number of aliphatic hydroxyl groups is 1. The molecule has 5 heteroatoms. The average Bonchev–Trinajstić information content (AvgIpc) is 2.33. The first-order valence-electron chi connectivity index (χ1n) is 7.71. The summed E-state index contributed by atoms with van der Waals surface area (Å²) in [6.07, 6.45) is 4.32. The fourth-order valence-electron chi connectivity index (χ4n) is 2.59. The summed E-state index contributed by atoms with van der Waals surface area (Å²) in [5.74, 6) is 1.44. The van der Waals surface area contributed by atoms with Crippen LogP contribution in [0.5, 0.6) is 0 Å². The first-order valence-corrected chi connectivity index (χ1v) is 7.71. The third kappa shape index (κ3) is 4.56. The molecule has 1 saturated carbocycles. The predicted octanol–water partition coefficient (Wildman–Crippen LogP) is 3.04. The second-order valence-electron chi connectivity index (χ2n) is 7.76. The summed E-state index contributed by atoms with van der Waals surface area (Å²) in [6.45, 7) is 10.5. The van der Waals surface area contributed by atoms with Crippen LogP contribution in [0.4, 0.5) is 11.8 Å². The molecule has 0 bridgehead atoms. The van der Waals surface area contributed by atoms with Crippen molar-refractivity contribution in [2.45, 2.75) is 71.6 Å². The zero-order valence-electron chi connectivity index (χ0n) is 13.8. The molecule has 1 heterocycles. The molecule has 118 valence electrons. The molecule has 1 aromatic rings. The molecule has 0 radical (unpaired) electrons. The highest BCUT2D eigenvalue weighted by molar-refractivity contribution is 5.41. The van der Waals surface area contributed by atoms with Gasteiger partial charge in [0.1, 0.15) is 5.82 Å². The standard InChI is InChI=1S/C16H28N4O/c1-15(2,3)20-14-17-9-7-13(19-14)18-11-6-8-16(4,5)12(21)10-11/h7,9,11-12,21H,6,8,10H2,1-5H3,(H2,17,18,19,20)/t11-,12-/m0/s1. The summed E-state index contributed by atoms with van der Waals surface area (Å²) >= 11 is 0. The lowest BCUT2D eigenvalue weighted by molar-refractivity contribution is 0.00913. The third-order valence-electron chi connectivity index (χ3n) is 4.04. The van der Waals surface area contributed by atoms with Gasteiger partial charge in [0.05, 0.1) is 6.10 Å². The summed E-state index contributed by atoms with van der Waals surface area (Å²) in [5, 5.41) is 16.9. The van der Waals surface area contributed by atoms with Gasteiger partial charge in [-0.15, -0.1) is 0 Å². The lowest BCUT2D eigenvalue weighted by Crippen LogP contribution is -2.41. The number of hydrogen-bond donors (Lipinski definition) is 3. The minimum Gasteiger partial charge on any atom is -0.392 e. The number of aromatic nitrogens is 2. The van der Waals surface area contributed by atoms with Crippen molar-refractivity contribution in [1.82, 2.24) is 9.97 Å². The van der Waals surface area contributed by atoms with E-state index < -0.39 is 0 Å². The molecular weight excluding hydrogens is 264 g/mol. The van der Waals surface area contributed by atoms with E-state index in [2.05, 4.69) is 55.2 Å². The number of nitrogens with zero attached hydrogens (tertiary/aromatic N) is 2. The van der Waals surface area contributed by atoms with Crippen molar-refractivity contribution in [1.29, 1.82) is 0 Å². The van der Waals surface area contributed by atoms with E-state index in [1.54, 1.807) is 6.20 Å². The molecule has 0 unspecified atom stereocenters. The number of hydrogen-bond acceptors (Lipinski definition) is 5. The quantitative estimate of drug-likeness (QED) is 0.799. The highest BCUT2D eigenvalue weighted by atomic mass is 16.3. The van der Waals surface area contributed by atoms with Crippen LogP contribution in [0.1, 0.15) is 53.9 Å². The Morgan fingerprint density at radius 1 is 1.33 bits per heavy atom. The van der Waals surface area contributed by atoms with Crippen LogP contribution in [0.3, 0.4) is 0 Å². The second kappa shape index (κ2) is 5.79. The molecule has 2 atom stereocenters. The average molecular weight is 292 g/mol. The van der Waals surface area contributed by atoms with E-state index in [9.17, 15) is 5.11 Å². The molecule has 0 saturated heterocycles. The third-order valence-corrected chi connectivity index (χ3v) is 4.04. The molecule has 0 spiro atoms. The van der Waals surface area contributed by atoms with Gasteiger partial charge in [-0.2, -0.15) is 4.98 Å². The summed E-state index contributed by atoms with van der Waals surface area (Å²) in [4.78, 5) is 8.74. The molecule has 0 amide bonds. The smallest absolute Gasteiger partial charge is 0.224 e. The van der Waals surface area contributed by atoms with Gasteiger partial charge in [-0.05, 0) is 51.5 Å². The van der Waals surface area contributed by atoms with Crippen LogP contribution in [0, 0.1) is 5.41 Å². The Bertz CT molecular complexity index is 481. The van der Waals surface area contributed by atoms with Gasteiger partial charge in [-0.1, -0.05) is 13.8 Å². The van der Waals surface area contributed by atoms with Gasteiger partial charge < -0.3 is 15.7 Å². The maximum atomic E-state index is 10.2. The lowest BCUT2D eigenvalue weighted by atomic mass is 9.73. The van der Waals surface area contributed by atoms with E-state index in [1.165, 1.54) is 0 Å². The van der Waals surface area contributed by atoms with Crippen LogP contribution in [0.25, 0.3) is 0 Å². The normalized spacial score (nSPS) is 25.4. The molecule has 5 nitrogen and oxygen atoms in total. The number of anilines is 2. The molecule has 1 fully saturated rings. The number of rotatable bonds is 3. The van der Waals surface area contributed by atoms with E-state index in [0.717, 1.165) is 25.1 Å². The van der Waals surface area contributed by atoms with Crippen LogP contribution < -0.4 is 10.6 Å². The summed E-state index contributed by atoms with van der Waals surface area (Å²) < 4.78 is 0. The van der Waals surface area contributed by atoms with Crippen LogP contribution >= 0.6 is 0 Å². The highest BCUT2D eigenvalue weighted by Gasteiger charge is 2.35. The van der Waals surface area contributed by atoms with Crippen molar-refractivity contribution in [2.24, 2.45) is 5.41 Å². The van der Waals surface area contributed by atoms with Gasteiger partial charge in [0.25, 0.3) is 0 Å². The molecule has 1 aromatic heterocycles. The Hall–Kier alpha value is -1.36. The summed E-state index contributed by atoms with van der Waals surface area (Å²) in [7, 11) is 0. The first-order chi connectivity index (χ1) is 9.66. The van der Waals surface area contributed by atoms with E-state index in [-0.39, 0.29) is 23.1 Å². The SMILES string of the molecule is CC(C)(C)Nc1nccc(N[C@H]2CCC(C)(C)[C@@H](O)C2)n1. The van der Waals surface area contributed by atoms with Gasteiger partial charge in [0.2, 0.25) is 5.95 Å². The van der Waals surface area contributed by atoms with Gasteiger partial charge in [-0.25, -0.2) is 4.98 Å². The van der Waals surface area contributed by atoms with Crippen molar-refractivity contribution in [2.75, 3.05) is 10.6 Å². The zero-order valence-corrected chi connectivity index (χ0v) is 13.8. The van der Waals surface area contributed by atoms with Crippen molar-refractivity contribution in [3.8, 4) is 0 Å². The van der Waals surface area contributed by atoms with Gasteiger partial charge in [0.15, 0.2) is 0 Å². The molecule has 0 aromatic carbocycles. The van der Waals surface area contributed by atoms with Crippen LogP contribution in [0.2, 0.25) is 0 Å². The first kappa shape index (κ1) is 16.0. The molecular formula is C16H28N4O. The Kier molecular flexibility index (Phi) is 4.42. The van der Waals surface area contributed by atoms with Gasteiger partial charge in [0, 0.05) is 17.8 Å². The van der Waals surface area contributed by atoms with Crippen molar-refractivity contribution in [3.63, 3.8) is 0 Å². The molecule has 3 N–H and O–H groups in total. The molecule has 1 aliphatic rings. The maximum Gasteiger partial charge on any atom is 0.224 e. The summed E-state index contributed by atoms with van der Waals surface area (Å²) in [5.41, 5.74) is -0.0491. The predicted molar refractivity (Wildman–Crippen MR) is 86.5 cm³/mol.